The van der Waals surface area contributed by atoms with Gasteiger partial charge < -0.3 is 5.32 Å². The SMILES string of the molecule is Cc1cc(CC(=O)NCc2ccccn2)n[nH]1. The van der Waals surface area contributed by atoms with Gasteiger partial charge in [-0.2, -0.15) is 5.10 Å². The molecule has 2 rings (SSSR count). The molecule has 0 aliphatic rings. The zero-order valence-electron chi connectivity index (χ0n) is 9.60. The van der Waals surface area contributed by atoms with Crippen molar-refractivity contribution in [1.29, 1.82) is 0 Å². The minimum absolute atomic E-state index is 0.0536. The van der Waals surface area contributed by atoms with E-state index in [1.54, 1.807) is 6.20 Å². The predicted molar refractivity (Wildman–Crippen MR) is 63.1 cm³/mol. The van der Waals surface area contributed by atoms with E-state index in [0.717, 1.165) is 17.1 Å². The van der Waals surface area contributed by atoms with Gasteiger partial charge in [-0.05, 0) is 25.1 Å². The molecular formula is C12H14N4O. The zero-order valence-corrected chi connectivity index (χ0v) is 9.60. The van der Waals surface area contributed by atoms with E-state index in [4.69, 9.17) is 0 Å². The fourth-order valence-electron chi connectivity index (χ4n) is 1.48. The van der Waals surface area contributed by atoms with Crippen LogP contribution in [0.1, 0.15) is 17.1 Å². The third kappa shape index (κ3) is 3.41. The van der Waals surface area contributed by atoms with Crippen LogP contribution in [0.5, 0.6) is 0 Å². The van der Waals surface area contributed by atoms with Crippen LogP contribution in [0.2, 0.25) is 0 Å². The first-order chi connectivity index (χ1) is 8.24. The summed E-state index contributed by atoms with van der Waals surface area (Å²) in [5.41, 5.74) is 2.55. The van der Waals surface area contributed by atoms with Crippen molar-refractivity contribution >= 4 is 5.91 Å². The Kier molecular flexibility index (Phi) is 3.49. The van der Waals surface area contributed by atoms with Crippen LogP contribution in [0, 0.1) is 6.92 Å². The maximum Gasteiger partial charge on any atom is 0.226 e. The lowest BCUT2D eigenvalue weighted by Crippen LogP contribution is -2.25. The molecule has 0 radical (unpaired) electrons. The highest BCUT2D eigenvalue weighted by atomic mass is 16.1. The lowest BCUT2D eigenvalue weighted by atomic mass is 10.2. The molecule has 1 amide bonds. The average Bonchev–Trinajstić information content (AvgIpc) is 2.73. The monoisotopic (exact) mass is 230 g/mol. The summed E-state index contributed by atoms with van der Waals surface area (Å²) < 4.78 is 0. The molecule has 0 bridgehead atoms. The van der Waals surface area contributed by atoms with Gasteiger partial charge in [-0.15, -0.1) is 0 Å². The smallest absolute Gasteiger partial charge is 0.226 e. The Morgan fingerprint density at radius 2 is 2.29 bits per heavy atom. The van der Waals surface area contributed by atoms with E-state index < -0.39 is 0 Å². The summed E-state index contributed by atoms with van der Waals surface area (Å²) >= 11 is 0. The van der Waals surface area contributed by atoms with E-state index in [-0.39, 0.29) is 12.3 Å². The van der Waals surface area contributed by atoms with Crippen LogP contribution in [0.25, 0.3) is 0 Å². The third-order valence-corrected chi connectivity index (χ3v) is 2.29. The second kappa shape index (κ2) is 5.25. The first-order valence-electron chi connectivity index (χ1n) is 5.41. The average molecular weight is 230 g/mol. The standard InChI is InChI=1S/C12H14N4O/c1-9-6-11(16-15-9)7-12(17)14-8-10-4-2-3-5-13-10/h2-6H,7-8H2,1H3,(H,14,17)(H,15,16). The van der Waals surface area contributed by atoms with Gasteiger partial charge in [0.25, 0.3) is 0 Å². The number of nitrogens with one attached hydrogen (secondary N) is 2. The highest BCUT2D eigenvalue weighted by molar-refractivity contribution is 5.78. The number of aromatic nitrogens is 3. The Morgan fingerprint density at radius 1 is 1.41 bits per heavy atom. The number of aromatic amines is 1. The van der Waals surface area contributed by atoms with Crippen molar-refractivity contribution < 1.29 is 4.79 Å². The second-order valence-electron chi connectivity index (χ2n) is 3.82. The lowest BCUT2D eigenvalue weighted by Gasteiger charge is -2.02. The normalized spacial score (nSPS) is 10.2. The van der Waals surface area contributed by atoms with Crippen molar-refractivity contribution in [3.8, 4) is 0 Å². The Labute approximate surface area is 99.3 Å². The molecule has 0 saturated heterocycles. The summed E-state index contributed by atoms with van der Waals surface area (Å²) in [6, 6.07) is 7.47. The molecule has 0 atom stereocenters. The molecular weight excluding hydrogens is 216 g/mol. The summed E-state index contributed by atoms with van der Waals surface area (Å²) in [6.45, 7) is 2.35. The second-order valence-corrected chi connectivity index (χ2v) is 3.82. The van der Waals surface area contributed by atoms with E-state index in [9.17, 15) is 4.79 Å². The Morgan fingerprint density at radius 3 is 2.94 bits per heavy atom. The van der Waals surface area contributed by atoms with Crippen molar-refractivity contribution in [3.05, 3.63) is 47.5 Å². The van der Waals surface area contributed by atoms with Crippen molar-refractivity contribution in [2.24, 2.45) is 0 Å². The number of nitrogens with zero attached hydrogens (tertiary/aromatic N) is 2. The van der Waals surface area contributed by atoms with Crippen LogP contribution in [0.4, 0.5) is 0 Å². The predicted octanol–water partition coefficient (Wildman–Crippen LogP) is 0.972. The Balaban J connectivity index is 1.82. The largest absolute Gasteiger partial charge is 0.350 e. The molecule has 5 heteroatoms. The molecule has 17 heavy (non-hydrogen) atoms. The maximum atomic E-state index is 11.6. The zero-order chi connectivity index (χ0) is 12.1. The quantitative estimate of drug-likeness (QED) is 0.822. The third-order valence-electron chi connectivity index (χ3n) is 2.29. The molecule has 5 nitrogen and oxygen atoms in total. The van der Waals surface area contributed by atoms with E-state index in [1.165, 1.54) is 0 Å². The van der Waals surface area contributed by atoms with Gasteiger partial charge in [0.2, 0.25) is 5.91 Å². The minimum atomic E-state index is -0.0536. The molecule has 0 fully saturated rings. The van der Waals surface area contributed by atoms with Gasteiger partial charge in [0, 0.05) is 11.9 Å². The van der Waals surface area contributed by atoms with Crippen molar-refractivity contribution in [1.82, 2.24) is 20.5 Å². The van der Waals surface area contributed by atoms with Crippen LogP contribution in [-0.4, -0.2) is 21.1 Å². The highest BCUT2D eigenvalue weighted by Crippen LogP contribution is 1.99. The van der Waals surface area contributed by atoms with E-state index in [0.29, 0.717) is 6.54 Å². The number of pyridine rings is 1. The molecule has 0 unspecified atom stereocenters. The van der Waals surface area contributed by atoms with Crippen LogP contribution >= 0.6 is 0 Å². The number of hydrogen-bond donors (Lipinski definition) is 2. The molecule has 0 saturated carbocycles. The summed E-state index contributed by atoms with van der Waals surface area (Å²) in [5.74, 6) is -0.0536. The molecule has 2 N–H and O–H groups in total. The van der Waals surface area contributed by atoms with Crippen molar-refractivity contribution in [2.45, 2.75) is 19.9 Å². The Hall–Kier alpha value is -2.17. The molecule has 88 valence electrons. The van der Waals surface area contributed by atoms with Gasteiger partial charge in [-0.25, -0.2) is 0 Å². The number of amides is 1. The summed E-state index contributed by atoms with van der Waals surface area (Å²) in [6.07, 6.45) is 2.00. The minimum Gasteiger partial charge on any atom is -0.350 e. The van der Waals surface area contributed by atoms with Gasteiger partial charge in [0.1, 0.15) is 0 Å². The maximum absolute atomic E-state index is 11.6. The first-order valence-corrected chi connectivity index (χ1v) is 5.41. The number of H-pyrrole nitrogens is 1. The lowest BCUT2D eigenvalue weighted by molar-refractivity contribution is -0.120. The van der Waals surface area contributed by atoms with Crippen molar-refractivity contribution in [3.63, 3.8) is 0 Å². The topological polar surface area (TPSA) is 70.7 Å². The highest BCUT2D eigenvalue weighted by Gasteiger charge is 2.05. The van der Waals surface area contributed by atoms with Gasteiger partial charge in [-0.1, -0.05) is 6.07 Å². The van der Waals surface area contributed by atoms with Crippen molar-refractivity contribution in [2.75, 3.05) is 0 Å². The molecule has 0 aromatic carbocycles. The number of aryl methyl sites for hydroxylation is 1. The van der Waals surface area contributed by atoms with Crippen LogP contribution < -0.4 is 5.32 Å². The van der Waals surface area contributed by atoms with E-state index in [2.05, 4.69) is 20.5 Å². The van der Waals surface area contributed by atoms with Gasteiger partial charge in [-0.3, -0.25) is 14.9 Å². The van der Waals surface area contributed by atoms with E-state index in [1.807, 2.05) is 31.2 Å². The van der Waals surface area contributed by atoms with Crippen LogP contribution in [0.3, 0.4) is 0 Å². The number of carbonyl (C=O) groups is 1. The van der Waals surface area contributed by atoms with Crippen LogP contribution in [0.15, 0.2) is 30.5 Å². The molecule has 0 aliphatic heterocycles. The van der Waals surface area contributed by atoms with Crippen LogP contribution in [-0.2, 0) is 17.8 Å². The summed E-state index contributed by atoms with van der Waals surface area (Å²) in [4.78, 5) is 15.7. The van der Waals surface area contributed by atoms with Gasteiger partial charge >= 0.3 is 0 Å². The molecule has 0 aliphatic carbocycles. The summed E-state index contributed by atoms with van der Waals surface area (Å²) in [5, 5.41) is 9.62. The van der Waals surface area contributed by atoms with Gasteiger partial charge in [0.15, 0.2) is 0 Å². The van der Waals surface area contributed by atoms with E-state index >= 15 is 0 Å². The number of carbonyl (C=O) groups excluding carboxylic acids is 1. The summed E-state index contributed by atoms with van der Waals surface area (Å²) in [7, 11) is 0. The number of hydrogen-bond acceptors (Lipinski definition) is 3. The Bertz CT molecular complexity index is 492. The molecule has 2 aromatic heterocycles. The molecule has 0 spiro atoms. The molecule has 2 aromatic rings. The fourth-order valence-corrected chi connectivity index (χ4v) is 1.48. The molecule has 2 heterocycles. The van der Waals surface area contributed by atoms with Gasteiger partial charge in [0.05, 0.1) is 24.4 Å². The number of rotatable bonds is 4. The fraction of sp³-hybridized carbons (Fsp3) is 0.250. The first kappa shape index (κ1) is 11.3.